The van der Waals surface area contributed by atoms with Crippen molar-refractivity contribution in [1.29, 1.82) is 0 Å². The summed E-state index contributed by atoms with van der Waals surface area (Å²) in [5, 5.41) is 29.3. The standard InChI is InChI=1S/C12H24O6/c1-6(2)16-5-8-9(13)10(14)11(15)12(18-8)17-7(3)4/h6-15H,5H2,1-4H3/t8?,9-,10?,11+,12+/m1/s1. The first-order valence-corrected chi connectivity index (χ1v) is 6.29. The molecule has 0 bridgehead atoms. The second-order valence-corrected chi connectivity index (χ2v) is 5.08. The van der Waals surface area contributed by atoms with Crippen molar-refractivity contribution in [3.05, 3.63) is 0 Å². The van der Waals surface area contributed by atoms with Gasteiger partial charge >= 0.3 is 0 Å². The third-order valence-corrected chi connectivity index (χ3v) is 2.67. The van der Waals surface area contributed by atoms with Crippen LogP contribution in [0.15, 0.2) is 0 Å². The molecular formula is C12H24O6. The molecule has 3 N–H and O–H groups in total. The minimum Gasteiger partial charge on any atom is -0.387 e. The van der Waals surface area contributed by atoms with Gasteiger partial charge in [0.1, 0.15) is 24.4 Å². The molecule has 1 fully saturated rings. The van der Waals surface area contributed by atoms with Gasteiger partial charge in [-0.2, -0.15) is 0 Å². The van der Waals surface area contributed by atoms with Gasteiger partial charge in [0.25, 0.3) is 0 Å². The number of aliphatic hydroxyl groups excluding tert-OH is 3. The van der Waals surface area contributed by atoms with E-state index in [0.717, 1.165) is 0 Å². The monoisotopic (exact) mass is 264 g/mol. The first-order valence-electron chi connectivity index (χ1n) is 6.29. The van der Waals surface area contributed by atoms with Gasteiger partial charge in [-0.1, -0.05) is 0 Å². The highest BCUT2D eigenvalue weighted by molar-refractivity contribution is 4.89. The summed E-state index contributed by atoms with van der Waals surface area (Å²) in [5.74, 6) is 0. The van der Waals surface area contributed by atoms with Crippen molar-refractivity contribution in [2.75, 3.05) is 6.61 Å². The predicted octanol–water partition coefficient (Wildman–Crippen LogP) is -0.356. The zero-order chi connectivity index (χ0) is 13.9. The normalized spacial score (nSPS) is 37.5. The molecule has 0 saturated carbocycles. The van der Waals surface area contributed by atoms with Gasteiger partial charge < -0.3 is 29.5 Å². The van der Waals surface area contributed by atoms with E-state index < -0.39 is 30.7 Å². The maximum absolute atomic E-state index is 9.80. The van der Waals surface area contributed by atoms with Crippen molar-refractivity contribution >= 4 is 0 Å². The van der Waals surface area contributed by atoms with E-state index in [-0.39, 0.29) is 18.8 Å². The van der Waals surface area contributed by atoms with Gasteiger partial charge in [-0.05, 0) is 27.7 Å². The SMILES string of the molecule is CC(C)OCC1O[C@H](OC(C)C)[C@@H](O)C(O)[C@@H]1O. The van der Waals surface area contributed by atoms with E-state index in [9.17, 15) is 15.3 Å². The molecule has 1 aliphatic rings. The zero-order valence-electron chi connectivity index (χ0n) is 11.3. The Hall–Kier alpha value is -0.240. The lowest BCUT2D eigenvalue weighted by Gasteiger charge is -2.40. The Kier molecular flexibility index (Phi) is 5.97. The maximum atomic E-state index is 9.80. The summed E-state index contributed by atoms with van der Waals surface area (Å²) in [5.41, 5.74) is 0. The van der Waals surface area contributed by atoms with E-state index in [2.05, 4.69) is 0 Å². The quantitative estimate of drug-likeness (QED) is 0.629. The van der Waals surface area contributed by atoms with Crippen LogP contribution in [-0.2, 0) is 14.2 Å². The van der Waals surface area contributed by atoms with Gasteiger partial charge in [0.05, 0.1) is 18.8 Å². The minimum absolute atomic E-state index is 0.00531. The summed E-state index contributed by atoms with van der Waals surface area (Å²) in [6.07, 6.45) is -5.58. The Morgan fingerprint density at radius 3 is 2.06 bits per heavy atom. The summed E-state index contributed by atoms with van der Waals surface area (Å²) >= 11 is 0. The Bertz CT molecular complexity index is 243. The van der Waals surface area contributed by atoms with Crippen LogP contribution in [0, 0.1) is 0 Å². The van der Waals surface area contributed by atoms with E-state index in [4.69, 9.17) is 14.2 Å². The van der Waals surface area contributed by atoms with E-state index in [1.54, 1.807) is 13.8 Å². The third-order valence-electron chi connectivity index (χ3n) is 2.67. The molecule has 5 atom stereocenters. The van der Waals surface area contributed by atoms with Crippen molar-refractivity contribution in [2.45, 2.75) is 70.6 Å². The van der Waals surface area contributed by atoms with Crippen molar-refractivity contribution in [3.63, 3.8) is 0 Å². The fourth-order valence-corrected chi connectivity index (χ4v) is 1.72. The average molecular weight is 264 g/mol. The summed E-state index contributed by atoms with van der Waals surface area (Å²) < 4.78 is 16.2. The van der Waals surface area contributed by atoms with Crippen LogP contribution in [0.5, 0.6) is 0 Å². The van der Waals surface area contributed by atoms with E-state index in [0.29, 0.717) is 0 Å². The van der Waals surface area contributed by atoms with Gasteiger partial charge in [0.2, 0.25) is 0 Å². The third kappa shape index (κ3) is 4.15. The van der Waals surface area contributed by atoms with Gasteiger partial charge in [0, 0.05) is 0 Å². The number of hydrogen-bond donors (Lipinski definition) is 3. The van der Waals surface area contributed by atoms with Crippen molar-refractivity contribution in [1.82, 2.24) is 0 Å². The van der Waals surface area contributed by atoms with Crippen LogP contribution in [0.4, 0.5) is 0 Å². The molecule has 0 spiro atoms. The lowest BCUT2D eigenvalue weighted by molar-refractivity contribution is -0.311. The lowest BCUT2D eigenvalue weighted by atomic mass is 9.99. The highest BCUT2D eigenvalue weighted by Gasteiger charge is 2.44. The fourth-order valence-electron chi connectivity index (χ4n) is 1.72. The van der Waals surface area contributed by atoms with Gasteiger partial charge in [-0.25, -0.2) is 0 Å². The van der Waals surface area contributed by atoms with E-state index in [1.807, 2.05) is 13.8 Å². The number of hydrogen-bond acceptors (Lipinski definition) is 6. The molecular weight excluding hydrogens is 240 g/mol. The molecule has 1 heterocycles. The Labute approximate surface area is 107 Å². The van der Waals surface area contributed by atoms with Crippen molar-refractivity contribution < 1.29 is 29.5 Å². The van der Waals surface area contributed by atoms with Crippen molar-refractivity contribution in [3.8, 4) is 0 Å². The van der Waals surface area contributed by atoms with Crippen molar-refractivity contribution in [2.24, 2.45) is 0 Å². The smallest absolute Gasteiger partial charge is 0.186 e. The first-order chi connectivity index (χ1) is 8.32. The van der Waals surface area contributed by atoms with Gasteiger partial charge in [0.15, 0.2) is 6.29 Å². The fraction of sp³-hybridized carbons (Fsp3) is 1.00. The molecule has 0 aromatic carbocycles. The maximum Gasteiger partial charge on any atom is 0.186 e. The van der Waals surface area contributed by atoms with Crippen LogP contribution in [0.25, 0.3) is 0 Å². The minimum atomic E-state index is -1.30. The molecule has 0 aromatic heterocycles. The molecule has 1 rings (SSSR count). The Balaban J connectivity index is 2.62. The molecule has 6 nitrogen and oxygen atoms in total. The lowest BCUT2D eigenvalue weighted by Crippen LogP contribution is -2.59. The molecule has 6 heteroatoms. The number of rotatable bonds is 5. The predicted molar refractivity (Wildman–Crippen MR) is 64.0 cm³/mol. The average Bonchev–Trinajstić information content (AvgIpc) is 2.27. The van der Waals surface area contributed by atoms with Crippen LogP contribution in [0.1, 0.15) is 27.7 Å². The topological polar surface area (TPSA) is 88.4 Å². The van der Waals surface area contributed by atoms with Crippen LogP contribution in [0.3, 0.4) is 0 Å². The van der Waals surface area contributed by atoms with E-state index >= 15 is 0 Å². The van der Waals surface area contributed by atoms with Gasteiger partial charge in [-0.15, -0.1) is 0 Å². The zero-order valence-corrected chi connectivity index (χ0v) is 11.3. The summed E-state index contributed by atoms with van der Waals surface area (Å²) in [6.45, 7) is 7.46. The molecule has 0 aliphatic carbocycles. The summed E-state index contributed by atoms with van der Waals surface area (Å²) in [6, 6.07) is 0. The first kappa shape index (κ1) is 15.8. The molecule has 1 saturated heterocycles. The number of ether oxygens (including phenoxy) is 3. The molecule has 0 amide bonds. The largest absolute Gasteiger partial charge is 0.387 e. The second kappa shape index (κ2) is 6.79. The van der Waals surface area contributed by atoms with Crippen LogP contribution < -0.4 is 0 Å². The van der Waals surface area contributed by atoms with E-state index in [1.165, 1.54) is 0 Å². The summed E-state index contributed by atoms with van der Waals surface area (Å²) in [7, 11) is 0. The molecule has 0 aromatic rings. The number of aliphatic hydroxyl groups is 3. The van der Waals surface area contributed by atoms with Crippen LogP contribution >= 0.6 is 0 Å². The van der Waals surface area contributed by atoms with Gasteiger partial charge in [-0.3, -0.25) is 0 Å². The van der Waals surface area contributed by atoms with Crippen LogP contribution in [-0.4, -0.2) is 64.8 Å². The molecule has 2 unspecified atom stereocenters. The van der Waals surface area contributed by atoms with Crippen LogP contribution in [0.2, 0.25) is 0 Å². The highest BCUT2D eigenvalue weighted by Crippen LogP contribution is 2.23. The Morgan fingerprint density at radius 1 is 0.944 bits per heavy atom. The molecule has 108 valence electrons. The molecule has 18 heavy (non-hydrogen) atoms. The molecule has 0 radical (unpaired) electrons. The summed E-state index contributed by atoms with van der Waals surface area (Å²) in [4.78, 5) is 0. The molecule has 1 aliphatic heterocycles. The highest BCUT2D eigenvalue weighted by atomic mass is 16.7. The Morgan fingerprint density at radius 2 is 1.56 bits per heavy atom. The second-order valence-electron chi connectivity index (χ2n) is 5.08.